The second kappa shape index (κ2) is 12.3. The van der Waals surface area contributed by atoms with E-state index in [-0.39, 0.29) is 5.41 Å². The Hall–Kier alpha value is -7.48. The van der Waals surface area contributed by atoms with Crippen molar-refractivity contribution in [2.75, 3.05) is 0 Å². The molecule has 11 aromatic carbocycles. The Morgan fingerprint density at radius 3 is 1.37 bits per heavy atom. The zero-order valence-electron chi connectivity index (χ0n) is 33.4. The molecule has 0 amide bonds. The molecule has 0 saturated heterocycles. The fraction of sp³-hybridized carbons (Fsp3) is 0.0508. The molecule has 0 radical (unpaired) electrons. The Kier molecular flexibility index (Phi) is 6.85. The summed E-state index contributed by atoms with van der Waals surface area (Å²) in [5.74, 6) is 0. The van der Waals surface area contributed by atoms with Crippen LogP contribution in [0.5, 0.6) is 0 Å². The number of hydrogen-bond donors (Lipinski definition) is 0. The van der Waals surface area contributed by atoms with Crippen LogP contribution in [0.15, 0.2) is 199 Å². The molecule has 1 heterocycles. The van der Waals surface area contributed by atoms with Crippen LogP contribution in [0.3, 0.4) is 0 Å². The van der Waals surface area contributed by atoms with Crippen molar-refractivity contribution in [3.05, 3.63) is 205 Å². The number of benzene rings is 11. The molecule has 1 aliphatic rings. The van der Waals surface area contributed by atoms with E-state index in [9.17, 15) is 0 Å². The first-order valence-corrected chi connectivity index (χ1v) is 21.0. The summed E-state index contributed by atoms with van der Waals surface area (Å²) < 4.78 is 6.26. The van der Waals surface area contributed by atoms with Gasteiger partial charge in [-0.15, -0.1) is 0 Å². The lowest BCUT2D eigenvalue weighted by Gasteiger charge is -2.25. The van der Waals surface area contributed by atoms with Gasteiger partial charge in [0.15, 0.2) is 0 Å². The van der Waals surface area contributed by atoms with Gasteiger partial charge in [-0.2, -0.15) is 0 Å². The molecule has 280 valence electrons. The maximum Gasteiger partial charge on any atom is 0.135 e. The Morgan fingerprint density at radius 2 is 0.733 bits per heavy atom. The number of para-hydroxylation sites is 1. The van der Waals surface area contributed by atoms with Crippen LogP contribution in [0, 0.1) is 0 Å². The van der Waals surface area contributed by atoms with Crippen molar-refractivity contribution in [1.29, 1.82) is 0 Å². The Balaban J connectivity index is 1.06. The Bertz CT molecular complexity index is 3750. The highest BCUT2D eigenvalue weighted by Gasteiger charge is 2.40. The molecule has 60 heavy (non-hydrogen) atoms. The van der Waals surface area contributed by atoms with Crippen LogP contribution in [0.2, 0.25) is 0 Å². The highest BCUT2D eigenvalue weighted by atomic mass is 16.3. The first-order chi connectivity index (χ1) is 29.5. The standard InChI is InChI=1S/C59H38O/c1-59(2)57-47-27-11-5-20-40(47)49(34-51(57)56-42-22-6-3-18-38(42)39-19-4-12-28-48(39)58(56)59)35-16-15-17-36(32-35)54-43-23-7-9-25-45(43)55(46-26-10-8-24-44(46)54)37-30-31-53-50(33-37)41-21-13-14-29-52(41)60-53/h3-34H,1-2H3. The fourth-order valence-electron chi connectivity index (χ4n) is 11.2. The van der Waals surface area contributed by atoms with Gasteiger partial charge < -0.3 is 4.42 Å². The van der Waals surface area contributed by atoms with Crippen LogP contribution in [0.25, 0.3) is 120 Å². The molecule has 12 aromatic rings. The van der Waals surface area contributed by atoms with Crippen molar-refractivity contribution in [3.8, 4) is 44.5 Å². The Labute approximate surface area is 347 Å². The molecule has 0 unspecified atom stereocenters. The summed E-state index contributed by atoms with van der Waals surface area (Å²) in [5, 5.41) is 15.2. The molecular formula is C59H38O. The average molecular weight is 763 g/mol. The van der Waals surface area contributed by atoms with E-state index >= 15 is 0 Å². The quantitative estimate of drug-likeness (QED) is 0.129. The van der Waals surface area contributed by atoms with E-state index in [2.05, 4.69) is 202 Å². The summed E-state index contributed by atoms with van der Waals surface area (Å²) in [7, 11) is 0. The molecule has 1 aromatic heterocycles. The lowest BCUT2D eigenvalue weighted by molar-refractivity contribution is 0.669. The number of fused-ring (bicyclic) bond motifs is 15. The largest absolute Gasteiger partial charge is 0.456 e. The molecule has 1 nitrogen and oxygen atoms in total. The van der Waals surface area contributed by atoms with Gasteiger partial charge in [0.1, 0.15) is 11.2 Å². The average Bonchev–Trinajstić information content (AvgIpc) is 3.79. The van der Waals surface area contributed by atoms with E-state index in [4.69, 9.17) is 4.42 Å². The van der Waals surface area contributed by atoms with Crippen molar-refractivity contribution in [1.82, 2.24) is 0 Å². The van der Waals surface area contributed by atoms with Gasteiger partial charge in [0, 0.05) is 16.2 Å². The third-order valence-electron chi connectivity index (χ3n) is 13.6. The summed E-state index contributed by atoms with van der Waals surface area (Å²) in [6, 6.07) is 71.8. The molecule has 0 aliphatic heterocycles. The third kappa shape index (κ3) is 4.52. The zero-order valence-corrected chi connectivity index (χ0v) is 33.4. The molecule has 0 spiro atoms. The van der Waals surface area contributed by atoms with E-state index in [1.165, 1.54) is 109 Å². The lowest BCUT2D eigenvalue weighted by atomic mass is 9.77. The van der Waals surface area contributed by atoms with Crippen LogP contribution < -0.4 is 0 Å². The minimum Gasteiger partial charge on any atom is -0.456 e. The van der Waals surface area contributed by atoms with Crippen LogP contribution in [0.4, 0.5) is 0 Å². The highest BCUT2D eigenvalue weighted by molar-refractivity contribution is 6.23. The van der Waals surface area contributed by atoms with Crippen LogP contribution in [-0.2, 0) is 5.41 Å². The molecule has 0 bridgehead atoms. The normalized spacial score (nSPS) is 13.3. The second-order valence-corrected chi connectivity index (χ2v) is 17.1. The Morgan fingerprint density at radius 1 is 0.283 bits per heavy atom. The first-order valence-electron chi connectivity index (χ1n) is 21.0. The van der Waals surface area contributed by atoms with E-state index in [0.29, 0.717) is 0 Å². The lowest BCUT2D eigenvalue weighted by Crippen LogP contribution is -2.16. The van der Waals surface area contributed by atoms with Crippen molar-refractivity contribution >= 4 is 75.8 Å². The van der Waals surface area contributed by atoms with Gasteiger partial charge in [0.2, 0.25) is 0 Å². The van der Waals surface area contributed by atoms with Crippen molar-refractivity contribution in [2.45, 2.75) is 19.3 Å². The molecule has 1 aliphatic carbocycles. The maximum absolute atomic E-state index is 6.26. The number of furan rings is 1. The van der Waals surface area contributed by atoms with E-state index in [0.717, 1.165) is 21.9 Å². The number of rotatable bonds is 3. The van der Waals surface area contributed by atoms with Gasteiger partial charge in [-0.3, -0.25) is 0 Å². The molecule has 13 rings (SSSR count). The molecule has 0 saturated carbocycles. The van der Waals surface area contributed by atoms with E-state index in [1.807, 2.05) is 6.07 Å². The number of hydrogen-bond acceptors (Lipinski definition) is 1. The molecule has 0 N–H and O–H groups in total. The fourth-order valence-corrected chi connectivity index (χ4v) is 11.2. The topological polar surface area (TPSA) is 13.1 Å². The molecular weight excluding hydrogens is 725 g/mol. The molecule has 1 heteroatoms. The highest BCUT2D eigenvalue weighted by Crippen LogP contribution is 2.58. The molecule has 0 atom stereocenters. The van der Waals surface area contributed by atoms with Crippen molar-refractivity contribution in [3.63, 3.8) is 0 Å². The summed E-state index contributed by atoms with van der Waals surface area (Å²) in [6.45, 7) is 4.86. The van der Waals surface area contributed by atoms with Gasteiger partial charge in [0.25, 0.3) is 0 Å². The predicted molar refractivity (Wildman–Crippen MR) is 255 cm³/mol. The van der Waals surface area contributed by atoms with Crippen LogP contribution in [0.1, 0.15) is 25.0 Å². The van der Waals surface area contributed by atoms with Gasteiger partial charge in [-0.1, -0.05) is 178 Å². The van der Waals surface area contributed by atoms with Gasteiger partial charge in [0.05, 0.1) is 0 Å². The van der Waals surface area contributed by atoms with E-state index in [1.54, 1.807) is 0 Å². The summed E-state index contributed by atoms with van der Waals surface area (Å²) in [6.07, 6.45) is 0. The van der Waals surface area contributed by atoms with Gasteiger partial charge in [-0.25, -0.2) is 0 Å². The maximum atomic E-state index is 6.26. The minimum absolute atomic E-state index is 0.191. The van der Waals surface area contributed by atoms with Crippen LogP contribution >= 0.6 is 0 Å². The summed E-state index contributed by atoms with van der Waals surface area (Å²) in [5.41, 5.74) is 14.6. The van der Waals surface area contributed by atoms with Crippen LogP contribution in [-0.4, -0.2) is 0 Å². The molecule has 0 fully saturated rings. The van der Waals surface area contributed by atoms with Crippen molar-refractivity contribution in [2.24, 2.45) is 0 Å². The predicted octanol–water partition coefficient (Wildman–Crippen LogP) is 16.7. The monoisotopic (exact) mass is 762 g/mol. The van der Waals surface area contributed by atoms with Gasteiger partial charge in [-0.05, 0) is 140 Å². The second-order valence-electron chi connectivity index (χ2n) is 17.1. The van der Waals surface area contributed by atoms with Gasteiger partial charge >= 0.3 is 0 Å². The van der Waals surface area contributed by atoms with E-state index < -0.39 is 0 Å². The first kappa shape index (κ1) is 33.5. The summed E-state index contributed by atoms with van der Waals surface area (Å²) in [4.78, 5) is 0. The third-order valence-corrected chi connectivity index (χ3v) is 13.6. The van der Waals surface area contributed by atoms with Crippen molar-refractivity contribution < 1.29 is 4.42 Å². The SMILES string of the molecule is CC1(C)c2c(cc(-c3cccc(-c4c5ccccc5c(-c5ccc6oc7ccccc7c6c5)c5ccccc45)c3)c3ccccc23)-c2c1c1ccccc1c1ccccc21. The zero-order chi connectivity index (χ0) is 39.7. The summed E-state index contributed by atoms with van der Waals surface area (Å²) >= 11 is 0. The smallest absolute Gasteiger partial charge is 0.135 e. The minimum atomic E-state index is -0.191.